The molecule has 0 bridgehead atoms. The first-order valence-corrected chi connectivity index (χ1v) is 11.4. The van der Waals surface area contributed by atoms with Crippen LogP contribution in [-0.4, -0.2) is 30.5 Å². The van der Waals surface area contributed by atoms with Crippen LogP contribution in [0.4, 0.5) is 49.7 Å². The molecule has 0 aliphatic heterocycles. The number of nitrogens with zero attached hydrogens (tertiary/aromatic N) is 2. The first kappa shape index (κ1) is 31.5. The molecule has 220 valence electrons. The number of rotatable bonds is 7. The number of pyridine rings is 1. The zero-order chi connectivity index (χ0) is 30.8. The fourth-order valence-electron chi connectivity index (χ4n) is 3.53. The molecule has 1 aromatic heterocycles. The molecule has 0 saturated heterocycles. The van der Waals surface area contributed by atoms with Gasteiger partial charge in [-0.1, -0.05) is 23.7 Å². The third-order valence-corrected chi connectivity index (χ3v) is 5.48. The van der Waals surface area contributed by atoms with Crippen molar-refractivity contribution in [3.63, 3.8) is 0 Å². The minimum atomic E-state index is -5.32. The summed E-state index contributed by atoms with van der Waals surface area (Å²) in [5, 5.41) is 0.391. The SMILES string of the molecule is CN(NC(=O)c1ccc(C(F)=CC(c2cc(Cl)cc(OC(F)(F)F)c2)C(F)(F)F)cc1C(F)(F)F)c1ccccn1. The number of nitrogens with one attached hydrogen (secondary N) is 1. The number of benzene rings is 2. The van der Waals surface area contributed by atoms with Gasteiger partial charge in [-0.05, 0) is 54.1 Å². The van der Waals surface area contributed by atoms with E-state index >= 15 is 4.39 Å². The van der Waals surface area contributed by atoms with Gasteiger partial charge >= 0.3 is 18.7 Å². The molecule has 0 aliphatic rings. The number of allylic oxidation sites excluding steroid dienone is 1. The number of aromatic nitrogens is 1. The highest BCUT2D eigenvalue weighted by Gasteiger charge is 2.41. The summed E-state index contributed by atoms with van der Waals surface area (Å²) in [6.07, 6.45) is -14.6. The third kappa shape index (κ3) is 8.49. The minimum absolute atomic E-state index is 0.130. The van der Waals surface area contributed by atoms with Crippen LogP contribution < -0.4 is 15.2 Å². The van der Waals surface area contributed by atoms with Gasteiger partial charge in [0.2, 0.25) is 0 Å². The van der Waals surface area contributed by atoms with Gasteiger partial charge in [0.05, 0.1) is 11.1 Å². The van der Waals surface area contributed by atoms with Gasteiger partial charge in [0.25, 0.3) is 5.91 Å². The fraction of sp³-hybridized carbons (Fsp3) is 0.200. The lowest BCUT2D eigenvalue weighted by Crippen LogP contribution is -2.40. The standard InChI is InChI=1S/C25H16ClF10N3O2/c1-39(21-4-2-3-7-37-21)38-22(40)17-6-5-13(10-19(17)24(31,32)33)20(27)12-18(23(28,29)30)14-8-15(26)11-16(9-14)41-25(34,35)36/h2-12,18H,1H3,(H,38,40). The Kier molecular flexibility index (Phi) is 9.11. The highest BCUT2D eigenvalue weighted by atomic mass is 35.5. The molecule has 1 N–H and O–H groups in total. The molecular weight excluding hydrogens is 600 g/mol. The quantitative estimate of drug-likeness (QED) is 0.216. The van der Waals surface area contributed by atoms with Gasteiger partial charge < -0.3 is 4.74 Å². The molecule has 0 radical (unpaired) electrons. The first-order chi connectivity index (χ1) is 18.8. The molecule has 0 saturated carbocycles. The van der Waals surface area contributed by atoms with Crippen LogP contribution >= 0.6 is 11.6 Å². The molecule has 2 aromatic carbocycles. The number of amides is 1. The number of hydrazine groups is 1. The Labute approximate surface area is 230 Å². The summed E-state index contributed by atoms with van der Waals surface area (Å²) in [6.45, 7) is 0. The average Bonchev–Trinajstić information content (AvgIpc) is 2.84. The van der Waals surface area contributed by atoms with Crippen LogP contribution in [0, 0.1) is 0 Å². The minimum Gasteiger partial charge on any atom is -0.406 e. The lowest BCUT2D eigenvalue weighted by molar-refractivity contribution is -0.274. The van der Waals surface area contributed by atoms with Crippen molar-refractivity contribution in [3.8, 4) is 5.75 Å². The second-order valence-corrected chi connectivity index (χ2v) is 8.68. The van der Waals surface area contributed by atoms with E-state index in [9.17, 15) is 44.3 Å². The number of hydrogen-bond acceptors (Lipinski definition) is 4. The van der Waals surface area contributed by atoms with E-state index in [1.165, 1.54) is 25.4 Å². The second-order valence-electron chi connectivity index (χ2n) is 8.25. The fourth-order valence-corrected chi connectivity index (χ4v) is 3.76. The summed E-state index contributed by atoms with van der Waals surface area (Å²) in [5.41, 5.74) is -2.48. The number of hydrogen-bond donors (Lipinski definition) is 1. The van der Waals surface area contributed by atoms with Crippen molar-refractivity contribution in [2.45, 2.75) is 24.6 Å². The molecule has 41 heavy (non-hydrogen) atoms. The Balaban J connectivity index is 2.01. The number of halogens is 11. The van der Waals surface area contributed by atoms with Crippen molar-refractivity contribution in [1.29, 1.82) is 0 Å². The average molecular weight is 616 g/mol. The van der Waals surface area contributed by atoms with E-state index < -0.39 is 69.4 Å². The Morgan fingerprint density at radius 2 is 1.68 bits per heavy atom. The van der Waals surface area contributed by atoms with Crippen molar-refractivity contribution >= 4 is 29.2 Å². The lowest BCUT2D eigenvalue weighted by atomic mass is 9.95. The number of carbonyl (C=O) groups is 1. The Morgan fingerprint density at radius 3 is 2.24 bits per heavy atom. The third-order valence-electron chi connectivity index (χ3n) is 5.26. The maximum atomic E-state index is 15.0. The summed E-state index contributed by atoms with van der Waals surface area (Å²) in [7, 11) is 1.28. The van der Waals surface area contributed by atoms with Crippen LogP contribution in [0.15, 0.2) is 66.9 Å². The Hall–Kier alpha value is -4.01. The van der Waals surface area contributed by atoms with Crippen LogP contribution in [0.3, 0.4) is 0 Å². The van der Waals surface area contributed by atoms with Crippen molar-refractivity contribution in [2.75, 3.05) is 12.1 Å². The van der Waals surface area contributed by atoms with E-state index in [4.69, 9.17) is 11.6 Å². The molecule has 0 aliphatic carbocycles. The van der Waals surface area contributed by atoms with Gasteiger partial charge in [-0.15, -0.1) is 13.2 Å². The smallest absolute Gasteiger partial charge is 0.406 e. The van der Waals surface area contributed by atoms with Gasteiger partial charge in [0.1, 0.15) is 23.3 Å². The largest absolute Gasteiger partial charge is 0.573 e. The number of alkyl halides is 9. The van der Waals surface area contributed by atoms with Gasteiger partial charge in [-0.2, -0.15) is 26.3 Å². The summed E-state index contributed by atoms with van der Waals surface area (Å²) in [5.74, 6) is -7.02. The highest BCUT2D eigenvalue weighted by Crippen LogP contribution is 2.42. The molecule has 1 heterocycles. The summed E-state index contributed by atoms with van der Waals surface area (Å²) >= 11 is 5.62. The number of anilines is 1. The molecule has 3 rings (SSSR count). The van der Waals surface area contributed by atoms with Crippen LogP contribution in [-0.2, 0) is 6.18 Å². The van der Waals surface area contributed by atoms with Crippen molar-refractivity contribution < 1.29 is 53.4 Å². The van der Waals surface area contributed by atoms with E-state index in [0.29, 0.717) is 30.3 Å². The monoisotopic (exact) mass is 615 g/mol. The van der Waals surface area contributed by atoms with Gasteiger partial charge in [-0.3, -0.25) is 15.2 Å². The van der Waals surface area contributed by atoms with Crippen molar-refractivity contribution in [3.05, 3.63) is 94.1 Å². The molecule has 0 fully saturated rings. The van der Waals surface area contributed by atoms with Crippen LogP contribution in [0.25, 0.3) is 5.83 Å². The summed E-state index contributed by atoms with van der Waals surface area (Å²) in [6, 6.07) is 7.33. The molecular formula is C25H16ClF10N3O2. The molecule has 0 spiro atoms. The highest BCUT2D eigenvalue weighted by molar-refractivity contribution is 6.30. The zero-order valence-electron chi connectivity index (χ0n) is 20.3. The van der Waals surface area contributed by atoms with Crippen LogP contribution in [0.1, 0.15) is 33.0 Å². The molecule has 1 atom stereocenters. The van der Waals surface area contributed by atoms with Gasteiger partial charge in [0, 0.05) is 23.8 Å². The van der Waals surface area contributed by atoms with E-state index in [1.54, 1.807) is 6.07 Å². The predicted molar refractivity (Wildman–Crippen MR) is 128 cm³/mol. The predicted octanol–water partition coefficient (Wildman–Crippen LogP) is 8.09. The van der Waals surface area contributed by atoms with Crippen LogP contribution in [0.5, 0.6) is 5.75 Å². The van der Waals surface area contributed by atoms with E-state index in [1.807, 2.05) is 0 Å². The van der Waals surface area contributed by atoms with Crippen molar-refractivity contribution in [2.24, 2.45) is 0 Å². The molecule has 1 amide bonds. The van der Waals surface area contributed by atoms with E-state index in [0.717, 1.165) is 5.01 Å². The topological polar surface area (TPSA) is 54.5 Å². The molecule has 3 aromatic rings. The maximum Gasteiger partial charge on any atom is 0.573 e. The number of carbonyl (C=O) groups excluding carboxylic acids is 1. The van der Waals surface area contributed by atoms with Gasteiger partial charge in [0.15, 0.2) is 0 Å². The zero-order valence-corrected chi connectivity index (χ0v) is 21.1. The summed E-state index contributed by atoms with van der Waals surface area (Å²) < 4.78 is 139. The Bertz CT molecular complexity index is 1420. The van der Waals surface area contributed by atoms with Gasteiger partial charge in [-0.25, -0.2) is 9.37 Å². The molecule has 1 unspecified atom stereocenters. The normalized spacial score (nSPS) is 13.5. The first-order valence-electron chi connectivity index (χ1n) is 11.0. The van der Waals surface area contributed by atoms with E-state index in [2.05, 4.69) is 15.1 Å². The summed E-state index contributed by atoms with van der Waals surface area (Å²) in [4.78, 5) is 16.5. The lowest BCUT2D eigenvalue weighted by Gasteiger charge is -2.21. The Morgan fingerprint density at radius 1 is 1.00 bits per heavy atom. The maximum absolute atomic E-state index is 15.0. The number of ether oxygens (including phenoxy) is 1. The van der Waals surface area contributed by atoms with Crippen LogP contribution in [0.2, 0.25) is 5.02 Å². The molecule has 16 heteroatoms. The molecule has 5 nitrogen and oxygen atoms in total. The van der Waals surface area contributed by atoms with E-state index in [-0.39, 0.29) is 18.0 Å². The van der Waals surface area contributed by atoms with Crippen molar-refractivity contribution in [1.82, 2.24) is 10.4 Å². The second kappa shape index (κ2) is 11.8.